The van der Waals surface area contributed by atoms with Crippen molar-refractivity contribution in [3.05, 3.63) is 42.5 Å². The van der Waals surface area contributed by atoms with E-state index in [-0.39, 0.29) is 17.9 Å². The van der Waals surface area contributed by atoms with Gasteiger partial charge in [0.25, 0.3) is 5.91 Å². The maximum Gasteiger partial charge on any atom is 0.305 e. The highest BCUT2D eigenvalue weighted by Gasteiger charge is 2.37. The molecule has 136 valence electrons. The van der Waals surface area contributed by atoms with Gasteiger partial charge in [0.15, 0.2) is 0 Å². The number of hydrogen-bond acceptors (Lipinski definition) is 4. The van der Waals surface area contributed by atoms with Gasteiger partial charge in [0.2, 0.25) is 10.0 Å². The van der Waals surface area contributed by atoms with Gasteiger partial charge in [-0.1, -0.05) is 18.9 Å². The fourth-order valence-corrected chi connectivity index (χ4v) is 4.04. The van der Waals surface area contributed by atoms with E-state index in [4.69, 9.17) is 5.11 Å². The van der Waals surface area contributed by atoms with E-state index in [0.717, 1.165) is 12.8 Å². The van der Waals surface area contributed by atoms with E-state index in [1.165, 1.54) is 30.3 Å². The quantitative estimate of drug-likeness (QED) is 0.606. The molecule has 1 aromatic carbocycles. The molecule has 0 aliphatic heterocycles. The highest BCUT2D eigenvalue weighted by atomic mass is 32.2. The minimum atomic E-state index is -3.65. The first-order valence-corrected chi connectivity index (χ1v) is 9.51. The van der Waals surface area contributed by atoms with Crippen molar-refractivity contribution in [3.8, 4) is 0 Å². The molecule has 1 fully saturated rings. The largest absolute Gasteiger partial charge is 0.481 e. The smallest absolute Gasteiger partial charge is 0.305 e. The summed E-state index contributed by atoms with van der Waals surface area (Å²) in [6.07, 6.45) is 4.32. The molecule has 0 saturated heterocycles. The van der Waals surface area contributed by atoms with E-state index in [1.54, 1.807) is 0 Å². The molecule has 0 aromatic heterocycles. The topological polar surface area (TPSA) is 113 Å². The van der Waals surface area contributed by atoms with Crippen molar-refractivity contribution in [3.63, 3.8) is 0 Å². The van der Waals surface area contributed by atoms with Crippen molar-refractivity contribution < 1.29 is 23.1 Å². The summed E-state index contributed by atoms with van der Waals surface area (Å²) in [4.78, 5) is 23.6. The van der Waals surface area contributed by atoms with Gasteiger partial charge in [-0.15, -0.1) is 6.58 Å². The van der Waals surface area contributed by atoms with Gasteiger partial charge in [-0.3, -0.25) is 9.59 Å². The zero-order chi connectivity index (χ0) is 18.5. The second-order valence-electron chi connectivity index (χ2n) is 6.18. The maximum absolute atomic E-state index is 12.4. The number of carbonyl (C=O) groups excluding carboxylic acids is 1. The Hall–Kier alpha value is -2.19. The Bertz CT molecular complexity index is 750. The van der Waals surface area contributed by atoms with Crippen LogP contribution in [0.5, 0.6) is 0 Å². The van der Waals surface area contributed by atoms with Crippen molar-refractivity contribution in [1.82, 2.24) is 10.0 Å². The van der Waals surface area contributed by atoms with Crippen molar-refractivity contribution in [2.24, 2.45) is 0 Å². The van der Waals surface area contributed by atoms with Crippen molar-refractivity contribution in [1.29, 1.82) is 0 Å². The van der Waals surface area contributed by atoms with Gasteiger partial charge in [-0.2, -0.15) is 0 Å². The Morgan fingerprint density at radius 2 is 1.80 bits per heavy atom. The molecule has 0 radical (unpaired) electrons. The standard InChI is InChI=1S/C17H22N2O5S/c1-2-11-18-25(23,24)14-7-5-13(6-8-14)16(22)19-17(12-15(20)21)9-3-4-10-17/h2,5-8,18H,1,3-4,9-12H2,(H,19,22)(H,20,21). The molecule has 2 rings (SSSR count). The van der Waals surface area contributed by atoms with E-state index in [1.807, 2.05) is 0 Å². The first kappa shape index (κ1) is 19.1. The molecule has 3 N–H and O–H groups in total. The lowest BCUT2D eigenvalue weighted by Crippen LogP contribution is -2.47. The molecule has 8 heteroatoms. The third-order valence-corrected chi connectivity index (χ3v) is 5.71. The molecule has 7 nitrogen and oxygen atoms in total. The van der Waals surface area contributed by atoms with E-state index in [0.29, 0.717) is 18.4 Å². The van der Waals surface area contributed by atoms with Crippen molar-refractivity contribution in [2.45, 2.75) is 42.5 Å². The second kappa shape index (κ2) is 7.79. The van der Waals surface area contributed by atoms with E-state index in [2.05, 4.69) is 16.6 Å². The lowest BCUT2D eigenvalue weighted by Gasteiger charge is -2.28. The number of hydrogen-bond donors (Lipinski definition) is 3. The molecule has 1 aliphatic carbocycles. The van der Waals surface area contributed by atoms with Crippen LogP contribution >= 0.6 is 0 Å². The Morgan fingerprint density at radius 3 is 2.32 bits per heavy atom. The minimum absolute atomic E-state index is 0.0482. The summed E-state index contributed by atoms with van der Waals surface area (Å²) in [5, 5.41) is 11.9. The zero-order valence-electron chi connectivity index (χ0n) is 13.8. The predicted molar refractivity (Wildman–Crippen MR) is 92.7 cm³/mol. The molecular weight excluding hydrogens is 344 g/mol. The summed E-state index contributed by atoms with van der Waals surface area (Å²) >= 11 is 0. The second-order valence-corrected chi connectivity index (χ2v) is 7.94. The average Bonchev–Trinajstić information content (AvgIpc) is 3.00. The maximum atomic E-state index is 12.4. The normalized spacial score (nSPS) is 16.3. The minimum Gasteiger partial charge on any atom is -0.481 e. The number of nitrogens with one attached hydrogen (secondary N) is 2. The van der Waals surface area contributed by atoms with Crippen molar-refractivity contribution >= 4 is 21.9 Å². The van der Waals surface area contributed by atoms with Crippen LogP contribution in [0.2, 0.25) is 0 Å². The van der Waals surface area contributed by atoms with Crippen LogP contribution in [-0.4, -0.2) is 37.5 Å². The first-order chi connectivity index (χ1) is 11.8. The Kier molecular flexibility index (Phi) is 5.97. The SMILES string of the molecule is C=CCNS(=O)(=O)c1ccc(C(=O)NC2(CC(=O)O)CCCC2)cc1. The van der Waals surface area contributed by atoms with Crippen LogP contribution in [0.15, 0.2) is 41.8 Å². The number of rotatable bonds is 8. The van der Waals surface area contributed by atoms with E-state index >= 15 is 0 Å². The molecule has 0 heterocycles. The summed E-state index contributed by atoms with van der Waals surface area (Å²) in [5.41, 5.74) is -0.432. The summed E-state index contributed by atoms with van der Waals surface area (Å²) in [5.74, 6) is -1.34. The van der Waals surface area contributed by atoms with Gasteiger partial charge in [0.05, 0.1) is 16.9 Å². The summed E-state index contributed by atoms with van der Waals surface area (Å²) in [7, 11) is -3.65. The third-order valence-electron chi connectivity index (χ3n) is 4.27. The molecule has 0 spiro atoms. The number of carbonyl (C=O) groups is 2. The van der Waals surface area contributed by atoms with Crippen LogP contribution in [0.1, 0.15) is 42.5 Å². The highest BCUT2D eigenvalue weighted by Crippen LogP contribution is 2.33. The molecule has 0 unspecified atom stereocenters. The number of aliphatic carboxylic acids is 1. The zero-order valence-corrected chi connectivity index (χ0v) is 14.6. The first-order valence-electron chi connectivity index (χ1n) is 8.03. The number of carboxylic acids is 1. The molecule has 1 amide bonds. The molecule has 25 heavy (non-hydrogen) atoms. The summed E-state index contributed by atoms with van der Waals surface area (Å²) < 4.78 is 26.3. The molecule has 0 bridgehead atoms. The number of sulfonamides is 1. The number of amides is 1. The molecule has 1 aromatic rings. The van der Waals surface area contributed by atoms with Gasteiger partial charge in [0.1, 0.15) is 0 Å². The van der Waals surface area contributed by atoms with Crippen LogP contribution in [0.25, 0.3) is 0 Å². The van der Waals surface area contributed by atoms with Crippen LogP contribution < -0.4 is 10.0 Å². The Labute approximate surface area is 147 Å². The Balaban J connectivity index is 2.12. The van der Waals surface area contributed by atoms with Gasteiger partial charge in [-0.25, -0.2) is 13.1 Å². The Morgan fingerprint density at radius 1 is 1.20 bits per heavy atom. The van der Waals surface area contributed by atoms with Crippen LogP contribution in [0.3, 0.4) is 0 Å². The van der Waals surface area contributed by atoms with Crippen LogP contribution in [0.4, 0.5) is 0 Å². The number of benzene rings is 1. The fourth-order valence-electron chi connectivity index (χ4n) is 3.04. The lowest BCUT2D eigenvalue weighted by molar-refractivity contribution is -0.138. The molecule has 1 aliphatic rings. The summed E-state index contributed by atoms with van der Waals surface area (Å²) in [6.45, 7) is 3.56. The van der Waals surface area contributed by atoms with Crippen molar-refractivity contribution in [2.75, 3.05) is 6.54 Å². The highest BCUT2D eigenvalue weighted by molar-refractivity contribution is 7.89. The van der Waals surface area contributed by atoms with Gasteiger partial charge in [-0.05, 0) is 37.1 Å². The lowest BCUT2D eigenvalue weighted by atomic mass is 9.92. The number of carboxylic acid groups (broad SMARTS) is 1. The average molecular weight is 366 g/mol. The third kappa shape index (κ3) is 4.90. The molecule has 0 atom stereocenters. The van der Waals surface area contributed by atoms with Gasteiger partial charge in [0, 0.05) is 12.1 Å². The van der Waals surface area contributed by atoms with Crippen LogP contribution in [0, 0.1) is 0 Å². The molecular formula is C17H22N2O5S. The monoisotopic (exact) mass is 366 g/mol. The van der Waals surface area contributed by atoms with E-state index in [9.17, 15) is 18.0 Å². The van der Waals surface area contributed by atoms with E-state index < -0.39 is 27.4 Å². The van der Waals surface area contributed by atoms with Gasteiger partial charge >= 0.3 is 5.97 Å². The van der Waals surface area contributed by atoms with Gasteiger partial charge < -0.3 is 10.4 Å². The fraction of sp³-hybridized carbons (Fsp3) is 0.412. The summed E-state index contributed by atoms with van der Waals surface area (Å²) in [6, 6.07) is 5.53. The van der Waals surface area contributed by atoms with Crippen LogP contribution in [-0.2, 0) is 14.8 Å². The molecule has 1 saturated carbocycles. The predicted octanol–water partition coefficient (Wildman–Crippen LogP) is 1.67.